The van der Waals surface area contributed by atoms with Gasteiger partial charge in [0, 0.05) is 11.4 Å². The molecule has 1 aromatic rings. The fourth-order valence-electron chi connectivity index (χ4n) is 2.21. The highest BCUT2D eigenvalue weighted by molar-refractivity contribution is 9.09. The standard InChI is InChI=1S/C13H14BrCl2NO/c14-9-5-4-8(6-9)7-17-13(18)10-2-1-3-11(15)12(10)16/h1-3,8-9H,4-7H2,(H,17,18). The van der Waals surface area contributed by atoms with Crippen LogP contribution in [0.2, 0.25) is 10.0 Å². The number of hydrogen-bond donors (Lipinski definition) is 1. The Morgan fingerprint density at radius 3 is 2.83 bits per heavy atom. The second-order valence-electron chi connectivity index (χ2n) is 4.59. The smallest absolute Gasteiger partial charge is 0.252 e. The Kier molecular flexibility index (Phi) is 4.93. The van der Waals surface area contributed by atoms with Gasteiger partial charge in [-0.25, -0.2) is 0 Å². The molecule has 0 saturated heterocycles. The Labute approximate surface area is 125 Å². The summed E-state index contributed by atoms with van der Waals surface area (Å²) in [6.07, 6.45) is 3.45. The number of alkyl halides is 1. The minimum atomic E-state index is -0.152. The molecule has 2 nitrogen and oxygen atoms in total. The normalized spacial score (nSPS) is 23.1. The summed E-state index contributed by atoms with van der Waals surface area (Å²) >= 11 is 15.5. The molecule has 98 valence electrons. The summed E-state index contributed by atoms with van der Waals surface area (Å²) in [4.78, 5) is 12.6. The molecular formula is C13H14BrCl2NO. The highest BCUT2D eigenvalue weighted by Gasteiger charge is 2.23. The van der Waals surface area contributed by atoms with Crippen LogP contribution in [-0.2, 0) is 0 Å². The largest absolute Gasteiger partial charge is 0.352 e. The SMILES string of the molecule is O=C(NCC1CCC(Br)C1)c1cccc(Cl)c1Cl. The minimum absolute atomic E-state index is 0.152. The number of halogens is 3. The summed E-state index contributed by atoms with van der Waals surface area (Å²) in [5, 5.41) is 3.66. The molecule has 0 aliphatic heterocycles. The first-order chi connectivity index (χ1) is 8.58. The number of nitrogens with one attached hydrogen (secondary N) is 1. The second kappa shape index (κ2) is 6.27. The molecule has 2 unspecified atom stereocenters. The van der Waals surface area contributed by atoms with Gasteiger partial charge in [-0.15, -0.1) is 0 Å². The lowest BCUT2D eigenvalue weighted by Gasteiger charge is -2.12. The number of hydrogen-bond acceptors (Lipinski definition) is 1. The van der Waals surface area contributed by atoms with E-state index in [2.05, 4.69) is 21.2 Å². The maximum atomic E-state index is 12.0. The number of carbonyl (C=O) groups is 1. The summed E-state index contributed by atoms with van der Waals surface area (Å²) in [5.41, 5.74) is 0.442. The Balaban J connectivity index is 1.94. The van der Waals surface area contributed by atoms with Crippen LogP contribution in [0.1, 0.15) is 29.6 Å². The van der Waals surface area contributed by atoms with Crippen molar-refractivity contribution in [2.45, 2.75) is 24.1 Å². The zero-order valence-corrected chi connectivity index (χ0v) is 12.9. The molecule has 0 aromatic heterocycles. The molecule has 0 spiro atoms. The quantitative estimate of drug-likeness (QED) is 0.809. The third-order valence-corrected chi connectivity index (χ3v) is 4.88. The van der Waals surface area contributed by atoms with Crippen molar-refractivity contribution in [2.75, 3.05) is 6.54 Å². The van der Waals surface area contributed by atoms with E-state index in [1.807, 2.05) is 0 Å². The monoisotopic (exact) mass is 349 g/mol. The van der Waals surface area contributed by atoms with E-state index in [-0.39, 0.29) is 5.91 Å². The van der Waals surface area contributed by atoms with E-state index in [1.165, 1.54) is 6.42 Å². The van der Waals surface area contributed by atoms with Crippen LogP contribution in [0.5, 0.6) is 0 Å². The highest BCUT2D eigenvalue weighted by atomic mass is 79.9. The van der Waals surface area contributed by atoms with E-state index in [1.54, 1.807) is 18.2 Å². The third kappa shape index (κ3) is 3.40. The zero-order valence-electron chi connectivity index (χ0n) is 9.76. The predicted molar refractivity (Wildman–Crippen MR) is 78.9 cm³/mol. The fraction of sp³-hybridized carbons (Fsp3) is 0.462. The molecule has 2 rings (SSSR count). The lowest BCUT2D eigenvalue weighted by Crippen LogP contribution is -2.28. The maximum Gasteiger partial charge on any atom is 0.252 e. The first kappa shape index (κ1) is 14.2. The molecule has 0 bridgehead atoms. The van der Waals surface area contributed by atoms with Crippen LogP contribution in [0.15, 0.2) is 18.2 Å². The Morgan fingerprint density at radius 1 is 1.39 bits per heavy atom. The van der Waals surface area contributed by atoms with E-state index in [0.29, 0.717) is 32.9 Å². The molecule has 1 saturated carbocycles. The van der Waals surface area contributed by atoms with E-state index in [0.717, 1.165) is 12.8 Å². The zero-order chi connectivity index (χ0) is 13.1. The number of carbonyl (C=O) groups excluding carboxylic acids is 1. The Hall–Kier alpha value is -0.250. The van der Waals surface area contributed by atoms with Crippen molar-refractivity contribution < 1.29 is 4.79 Å². The van der Waals surface area contributed by atoms with E-state index < -0.39 is 0 Å². The molecule has 5 heteroatoms. The van der Waals surface area contributed by atoms with Crippen molar-refractivity contribution in [3.8, 4) is 0 Å². The maximum absolute atomic E-state index is 12.0. The van der Waals surface area contributed by atoms with Gasteiger partial charge in [-0.3, -0.25) is 4.79 Å². The molecule has 0 heterocycles. The summed E-state index contributed by atoms with van der Waals surface area (Å²) in [7, 11) is 0. The summed E-state index contributed by atoms with van der Waals surface area (Å²) in [6, 6.07) is 5.09. The van der Waals surface area contributed by atoms with Gasteiger partial charge in [-0.05, 0) is 37.3 Å². The van der Waals surface area contributed by atoms with Crippen LogP contribution in [-0.4, -0.2) is 17.3 Å². The van der Waals surface area contributed by atoms with Crippen LogP contribution in [0, 0.1) is 5.92 Å². The topological polar surface area (TPSA) is 29.1 Å². The molecule has 1 aliphatic rings. The van der Waals surface area contributed by atoms with E-state index in [4.69, 9.17) is 23.2 Å². The van der Waals surface area contributed by atoms with Gasteiger partial charge in [-0.1, -0.05) is 45.2 Å². The number of amides is 1. The van der Waals surface area contributed by atoms with Crippen molar-refractivity contribution in [3.05, 3.63) is 33.8 Å². The van der Waals surface area contributed by atoms with Gasteiger partial charge in [-0.2, -0.15) is 0 Å². The molecule has 2 atom stereocenters. The van der Waals surface area contributed by atoms with E-state index in [9.17, 15) is 4.79 Å². The predicted octanol–water partition coefficient (Wildman–Crippen LogP) is 4.29. The summed E-state index contributed by atoms with van der Waals surface area (Å²) in [5.74, 6) is 0.400. The number of benzene rings is 1. The summed E-state index contributed by atoms with van der Waals surface area (Å²) < 4.78 is 0. The molecular weight excluding hydrogens is 337 g/mol. The average molecular weight is 351 g/mol. The average Bonchev–Trinajstić information content (AvgIpc) is 2.76. The van der Waals surface area contributed by atoms with Gasteiger partial charge >= 0.3 is 0 Å². The van der Waals surface area contributed by atoms with Gasteiger partial charge in [0.25, 0.3) is 5.91 Å². The molecule has 18 heavy (non-hydrogen) atoms. The molecule has 1 N–H and O–H groups in total. The molecule has 1 fully saturated rings. The molecule has 1 amide bonds. The minimum Gasteiger partial charge on any atom is -0.352 e. The van der Waals surface area contributed by atoms with Crippen molar-refractivity contribution in [3.63, 3.8) is 0 Å². The van der Waals surface area contributed by atoms with Crippen molar-refractivity contribution in [2.24, 2.45) is 5.92 Å². The van der Waals surface area contributed by atoms with Crippen LogP contribution < -0.4 is 5.32 Å². The van der Waals surface area contributed by atoms with Crippen molar-refractivity contribution in [1.82, 2.24) is 5.32 Å². The summed E-state index contributed by atoms with van der Waals surface area (Å²) in [6.45, 7) is 0.698. The first-order valence-corrected chi connectivity index (χ1v) is 7.61. The van der Waals surface area contributed by atoms with Gasteiger partial charge in [0.2, 0.25) is 0 Å². The van der Waals surface area contributed by atoms with Gasteiger partial charge < -0.3 is 5.32 Å². The van der Waals surface area contributed by atoms with Crippen LogP contribution in [0.25, 0.3) is 0 Å². The lowest BCUT2D eigenvalue weighted by molar-refractivity contribution is 0.0947. The van der Waals surface area contributed by atoms with Gasteiger partial charge in [0.1, 0.15) is 0 Å². The lowest BCUT2D eigenvalue weighted by atomic mass is 10.1. The van der Waals surface area contributed by atoms with Gasteiger partial charge in [0.15, 0.2) is 0 Å². The third-order valence-electron chi connectivity index (χ3n) is 3.22. The molecule has 0 radical (unpaired) electrons. The molecule has 1 aliphatic carbocycles. The van der Waals surface area contributed by atoms with E-state index >= 15 is 0 Å². The Bertz CT molecular complexity index is 453. The highest BCUT2D eigenvalue weighted by Crippen LogP contribution is 2.30. The second-order valence-corrected chi connectivity index (χ2v) is 6.67. The first-order valence-electron chi connectivity index (χ1n) is 5.94. The van der Waals surface area contributed by atoms with Crippen molar-refractivity contribution in [1.29, 1.82) is 0 Å². The molecule has 1 aromatic carbocycles. The van der Waals surface area contributed by atoms with Crippen molar-refractivity contribution >= 4 is 45.0 Å². The number of rotatable bonds is 3. The van der Waals surface area contributed by atoms with Gasteiger partial charge in [0.05, 0.1) is 15.6 Å². The Morgan fingerprint density at radius 2 is 2.17 bits per heavy atom. The van der Waals surface area contributed by atoms with Crippen LogP contribution in [0.4, 0.5) is 0 Å². The fourth-order valence-corrected chi connectivity index (χ4v) is 3.39. The van der Waals surface area contributed by atoms with Crippen LogP contribution >= 0.6 is 39.1 Å². The van der Waals surface area contributed by atoms with Crippen LogP contribution in [0.3, 0.4) is 0 Å².